The average Bonchev–Trinajstić information content (AvgIpc) is 2.63. The molecule has 28 heavy (non-hydrogen) atoms. The van der Waals surface area contributed by atoms with Crippen LogP contribution in [0, 0.1) is 0 Å². The highest BCUT2D eigenvalue weighted by atomic mass is 35.5. The van der Waals surface area contributed by atoms with Crippen molar-refractivity contribution in [2.24, 2.45) is 0 Å². The summed E-state index contributed by atoms with van der Waals surface area (Å²) < 4.78 is 0. The van der Waals surface area contributed by atoms with E-state index in [1.165, 1.54) is 0 Å². The molecule has 0 unspecified atom stereocenters. The molecule has 0 spiro atoms. The predicted octanol–water partition coefficient (Wildman–Crippen LogP) is 6.80. The second-order valence-electron chi connectivity index (χ2n) is 5.65. The molecule has 8 heteroatoms. The molecular weight excluding hydrogens is 442 g/mol. The van der Waals surface area contributed by atoms with Gasteiger partial charge >= 0.3 is 0 Å². The Morgan fingerprint density at radius 1 is 0.536 bits per heavy atom. The quantitative estimate of drug-likeness (QED) is 0.456. The fourth-order valence-electron chi connectivity index (χ4n) is 2.50. The van der Waals surface area contributed by atoms with E-state index in [2.05, 4.69) is 10.6 Å². The van der Waals surface area contributed by atoms with E-state index in [1.807, 2.05) is 0 Å². The van der Waals surface area contributed by atoms with Gasteiger partial charge in [-0.05, 0) is 36.4 Å². The third kappa shape index (κ3) is 4.42. The van der Waals surface area contributed by atoms with Crippen molar-refractivity contribution in [3.63, 3.8) is 0 Å². The van der Waals surface area contributed by atoms with Gasteiger partial charge < -0.3 is 10.6 Å². The molecule has 0 bridgehead atoms. The molecule has 0 aliphatic carbocycles. The number of hydrogen-bond donors (Lipinski definition) is 2. The van der Waals surface area contributed by atoms with Crippen molar-refractivity contribution in [3.8, 4) is 0 Å². The van der Waals surface area contributed by atoms with Gasteiger partial charge in [0.25, 0.3) is 11.8 Å². The van der Waals surface area contributed by atoms with Crippen LogP contribution in [0.3, 0.4) is 0 Å². The standard InChI is InChI=1S/C20H12Cl4N2O2/c21-11-5-3-6-12(22)17(11)19(27)25-15-9-1-2-10-16(15)26-20(28)18-13(23)7-4-8-14(18)24/h1-10H,(H,25,27)(H,26,28). The summed E-state index contributed by atoms with van der Waals surface area (Å²) in [7, 11) is 0. The predicted molar refractivity (Wildman–Crippen MR) is 115 cm³/mol. The van der Waals surface area contributed by atoms with E-state index in [-0.39, 0.29) is 31.2 Å². The number of para-hydroxylation sites is 2. The number of carbonyl (C=O) groups excluding carboxylic acids is 2. The molecule has 0 saturated carbocycles. The summed E-state index contributed by atoms with van der Waals surface area (Å²) in [6.45, 7) is 0. The fourth-order valence-corrected chi connectivity index (χ4v) is 3.64. The van der Waals surface area contributed by atoms with Crippen LogP contribution in [0.5, 0.6) is 0 Å². The van der Waals surface area contributed by atoms with Crippen molar-refractivity contribution >= 4 is 69.6 Å². The minimum absolute atomic E-state index is 0.140. The van der Waals surface area contributed by atoms with Gasteiger partial charge in [-0.25, -0.2) is 0 Å². The van der Waals surface area contributed by atoms with Crippen LogP contribution < -0.4 is 10.6 Å². The zero-order valence-electron chi connectivity index (χ0n) is 14.1. The Kier molecular flexibility index (Phi) is 6.47. The minimum atomic E-state index is -0.506. The first-order chi connectivity index (χ1) is 13.4. The van der Waals surface area contributed by atoms with Crippen LogP contribution in [0.4, 0.5) is 11.4 Å². The molecule has 0 aromatic heterocycles. The lowest BCUT2D eigenvalue weighted by Crippen LogP contribution is -2.17. The van der Waals surface area contributed by atoms with Crippen LogP contribution in [0.1, 0.15) is 20.7 Å². The molecule has 2 N–H and O–H groups in total. The van der Waals surface area contributed by atoms with E-state index in [4.69, 9.17) is 46.4 Å². The molecular formula is C20H12Cl4N2O2. The van der Waals surface area contributed by atoms with E-state index in [0.717, 1.165) is 0 Å². The number of nitrogens with one attached hydrogen (secondary N) is 2. The van der Waals surface area contributed by atoms with Crippen molar-refractivity contribution in [1.29, 1.82) is 0 Å². The molecule has 0 aliphatic heterocycles. The fraction of sp³-hybridized carbons (Fsp3) is 0. The number of hydrogen-bond acceptors (Lipinski definition) is 2. The zero-order chi connectivity index (χ0) is 20.3. The maximum Gasteiger partial charge on any atom is 0.258 e. The Labute approximate surface area is 181 Å². The monoisotopic (exact) mass is 452 g/mol. The van der Waals surface area contributed by atoms with Gasteiger partial charge in [0.2, 0.25) is 0 Å². The molecule has 3 rings (SSSR count). The molecule has 0 radical (unpaired) electrons. The number of rotatable bonds is 4. The van der Waals surface area contributed by atoms with Crippen LogP contribution in [-0.2, 0) is 0 Å². The number of amides is 2. The molecule has 3 aromatic rings. The summed E-state index contributed by atoms with van der Waals surface area (Å²) in [5, 5.41) is 6.28. The second-order valence-corrected chi connectivity index (χ2v) is 7.28. The first kappa shape index (κ1) is 20.5. The molecule has 142 valence electrons. The largest absolute Gasteiger partial charge is 0.320 e. The Morgan fingerprint density at radius 3 is 1.18 bits per heavy atom. The van der Waals surface area contributed by atoms with Crippen LogP contribution in [0.15, 0.2) is 60.7 Å². The normalized spacial score (nSPS) is 10.4. The van der Waals surface area contributed by atoms with Gasteiger partial charge in [-0.1, -0.05) is 70.7 Å². The topological polar surface area (TPSA) is 58.2 Å². The maximum atomic E-state index is 12.6. The Morgan fingerprint density at radius 2 is 0.857 bits per heavy atom. The van der Waals surface area contributed by atoms with Crippen molar-refractivity contribution in [2.75, 3.05) is 10.6 Å². The molecule has 3 aromatic carbocycles. The number of halogens is 4. The summed E-state index contributed by atoms with van der Waals surface area (Å²) in [4.78, 5) is 25.3. The van der Waals surface area contributed by atoms with Gasteiger partial charge in [-0.15, -0.1) is 0 Å². The van der Waals surface area contributed by atoms with Crippen LogP contribution >= 0.6 is 46.4 Å². The Hall–Kier alpha value is -2.24. The van der Waals surface area contributed by atoms with Crippen LogP contribution in [0.2, 0.25) is 20.1 Å². The second kappa shape index (κ2) is 8.84. The van der Waals surface area contributed by atoms with Crippen molar-refractivity contribution in [1.82, 2.24) is 0 Å². The van der Waals surface area contributed by atoms with Gasteiger partial charge in [0.05, 0.1) is 42.6 Å². The van der Waals surface area contributed by atoms with Gasteiger partial charge in [0.15, 0.2) is 0 Å². The Balaban J connectivity index is 1.88. The Bertz CT molecular complexity index is 945. The highest BCUT2D eigenvalue weighted by Gasteiger charge is 2.18. The van der Waals surface area contributed by atoms with Gasteiger partial charge in [-0.3, -0.25) is 9.59 Å². The van der Waals surface area contributed by atoms with E-state index < -0.39 is 11.8 Å². The smallest absolute Gasteiger partial charge is 0.258 e. The first-order valence-electron chi connectivity index (χ1n) is 7.98. The van der Waals surface area contributed by atoms with Gasteiger partial charge in [0.1, 0.15) is 0 Å². The molecule has 0 atom stereocenters. The van der Waals surface area contributed by atoms with Gasteiger partial charge in [0, 0.05) is 0 Å². The third-order valence-corrected chi connectivity index (χ3v) is 5.06. The summed E-state index contributed by atoms with van der Waals surface area (Å²) in [5.74, 6) is -1.01. The first-order valence-corrected chi connectivity index (χ1v) is 9.49. The van der Waals surface area contributed by atoms with E-state index in [0.29, 0.717) is 11.4 Å². The number of carbonyl (C=O) groups is 2. The molecule has 0 aliphatic rings. The lowest BCUT2D eigenvalue weighted by atomic mass is 10.1. The summed E-state index contributed by atoms with van der Waals surface area (Å²) in [5.41, 5.74) is 1.00. The molecule has 0 saturated heterocycles. The average molecular weight is 454 g/mol. The van der Waals surface area contributed by atoms with E-state index in [1.54, 1.807) is 60.7 Å². The number of benzene rings is 3. The van der Waals surface area contributed by atoms with Crippen LogP contribution in [-0.4, -0.2) is 11.8 Å². The van der Waals surface area contributed by atoms with Crippen LogP contribution in [0.25, 0.3) is 0 Å². The van der Waals surface area contributed by atoms with E-state index >= 15 is 0 Å². The maximum absolute atomic E-state index is 12.6. The summed E-state index contributed by atoms with van der Waals surface area (Å²) in [6.07, 6.45) is 0. The highest BCUT2D eigenvalue weighted by molar-refractivity contribution is 6.41. The van der Waals surface area contributed by atoms with Crippen molar-refractivity contribution in [2.45, 2.75) is 0 Å². The van der Waals surface area contributed by atoms with Crippen molar-refractivity contribution in [3.05, 3.63) is 91.9 Å². The van der Waals surface area contributed by atoms with Crippen molar-refractivity contribution < 1.29 is 9.59 Å². The highest BCUT2D eigenvalue weighted by Crippen LogP contribution is 2.29. The molecule has 2 amide bonds. The lowest BCUT2D eigenvalue weighted by Gasteiger charge is -2.14. The SMILES string of the molecule is O=C(Nc1ccccc1NC(=O)c1c(Cl)cccc1Cl)c1c(Cl)cccc1Cl. The summed E-state index contributed by atoms with van der Waals surface area (Å²) in [6, 6.07) is 16.2. The van der Waals surface area contributed by atoms with Gasteiger partial charge in [-0.2, -0.15) is 0 Å². The summed E-state index contributed by atoms with van der Waals surface area (Å²) >= 11 is 24.3. The van der Waals surface area contributed by atoms with E-state index in [9.17, 15) is 9.59 Å². The lowest BCUT2D eigenvalue weighted by molar-refractivity contribution is 0.101. The zero-order valence-corrected chi connectivity index (χ0v) is 17.1. The molecule has 0 heterocycles. The third-order valence-electron chi connectivity index (χ3n) is 3.80. The number of anilines is 2. The minimum Gasteiger partial charge on any atom is -0.320 e. The molecule has 4 nitrogen and oxygen atoms in total. The molecule has 0 fully saturated rings.